The average Bonchev–Trinajstić information content (AvgIpc) is 3.18. The van der Waals surface area contributed by atoms with Gasteiger partial charge in [0.2, 0.25) is 0 Å². The highest BCUT2D eigenvalue weighted by atomic mass is 16.5. The van der Waals surface area contributed by atoms with Gasteiger partial charge in [0.1, 0.15) is 0 Å². The number of carbonyl (C=O) groups is 2. The van der Waals surface area contributed by atoms with Crippen LogP contribution in [0.25, 0.3) is 16.8 Å². The van der Waals surface area contributed by atoms with Crippen LogP contribution in [0.4, 0.5) is 5.69 Å². The van der Waals surface area contributed by atoms with E-state index in [1.807, 2.05) is 45.9 Å². The average molecular weight is 473 g/mol. The van der Waals surface area contributed by atoms with Crippen LogP contribution >= 0.6 is 0 Å². The maximum absolute atomic E-state index is 13.0. The number of benzene rings is 2. The largest absolute Gasteiger partial charge is 0.490 e. The molecule has 2 aromatic carbocycles. The Morgan fingerprint density at radius 2 is 1.66 bits per heavy atom. The number of rotatable bonds is 8. The maximum Gasteiger partial charge on any atom is 0.259 e. The molecule has 0 unspecified atom stereocenters. The molecule has 0 aliphatic heterocycles. The minimum absolute atomic E-state index is 0.0286. The third-order valence-electron chi connectivity index (χ3n) is 5.69. The minimum Gasteiger partial charge on any atom is -0.490 e. The fraction of sp³-hybridized carbons (Fsp3) is 0.259. The summed E-state index contributed by atoms with van der Waals surface area (Å²) in [4.78, 5) is 29.1. The van der Waals surface area contributed by atoms with Crippen LogP contribution in [0.5, 0.6) is 11.5 Å². The number of hydrogen-bond donors (Lipinski definition) is 1. The van der Waals surface area contributed by atoms with Crippen LogP contribution in [0.1, 0.15) is 52.9 Å². The second-order valence-corrected chi connectivity index (χ2v) is 8.07. The van der Waals surface area contributed by atoms with E-state index in [-0.39, 0.29) is 11.7 Å². The van der Waals surface area contributed by atoms with E-state index in [2.05, 4.69) is 15.4 Å². The first-order chi connectivity index (χ1) is 16.8. The number of nitrogens with zero attached hydrogens (tertiary/aromatic N) is 3. The molecule has 0 saturated carbocycles. The van der Waals surface area contributed by atoms with Crippen molar-refractivity contribution < 1.29 is 19.1 Å². The Kier molecular flexibility index (Phi) is 6.82. The molecular weight excluding hydrogens is 444 g/mol. The molecule has 4 rings (SSSR count). The number of carbonyl (C=O) groups excluding carboxylic acids is 2. The van der Waals surface area contributed by atoms with Gasteiger partial charge in [-0.05, 0) is 76.6 Å². The van der Waals surface area contributed by atoms with Crippen molar-refractivity contribution in [2.75, 3.05) is 18.5 Å². The molecule has 8 heteroatoms. The highest BCUT2D eigenvalue weighted by Gasteiger charge is 2.20. The van der Waals surface area contributed by atoms with Crippen LogP contribution in [0.3, 0.4) is 0 Å². The van der Waals surface area contributed by atoms with E-state index in [0.29, 0.717) is 52.9 Å². The molecule has 0 saturated heterocycles. The fourth-order valence-electron chi connectivity index (χ4n) is 3.96. The van der Waals surface area contributed by atoms with Crippen molar-refractivity contribution in [3.8, 4) is 22.6 Å². The smallest absolute Gasteiger partial charge is 0.259 e. The second kappa shape index (κ2) is 9.97. The first-order valence-corrected chi connectivity index (χ1v) is 11.5. The summed E-state index contributed by atoms with van der Waals surface area (Å²) in [5.74, 6) is 1.02. The Morgan fingerprint density at radius 1 is 0.971 bits per heavy atom. The Labute approximate surface area is 203 Å². The monoisotopic (exact) mass is 472 g/mol. The molecule has 0 bridgehead atoms. The van der Waals surface area contributed by atoms with Crippen LogP contribution in [-0.2, 0) is 0 Å². The molecule has 8 nitrogen and oxygen atoms in total. The lowest BCUT2D eigenvalue weighted by atomic mass is 10.1. The van der Waals surface area contributed by atoms with E-state index in [4.69, 9.17) is 9.47 Å². The first kappa shape index (κ1) is 23.9. The molecule has 4 aromatic rings. The van der Waals surface area contributed by atoms with Gasteiger partial charge in [-0.2, -0.15) is 5.10 Å². The van der Waals surface area contributed by atoms with Crippen LogP contribution in [0.15, 0.2) is 48.7 Å². The fourth-order valence-corrected chi connectivity index (χ4v) is 3.96. The summed E-state index contributed by atoms with van der Waals surface area (Å²) in [5, 5.41) is 7.53. The Bertz CT molecular complexity index is 1410. The van der Waals surface area contributed by atoms with Crippen molar-refractivity contribution in [2.45, 2.75) is 34.6 Å². The van der Waals surface area contributed by atoms with Gasteiger partial charge in [0.25, 0.3) is 5.91 Å². The number of fused-ring (bicyclic) bond motifs is 1. The van der Waals surface area contributed by atoms with Gasteiger partial charge >= 0.3 is 0 Å². The number of aryl methyl sites for hydroxylation is 2. The maximum atomic E-state index is 13.0. The Balaban J connectivity index is 1.69. The summed E-state index contributed by atoms with van der Waals surface area (Å²) >= 11 is 0. The predicted octanol–water partition coefficient (Wildman–Crippen LogP) is 5.27. The molecule has 0 fully saturated rings. The van der Waals surface area contributed by atoms with Gasteiger partial charge in [0.05, 0.1) is 30.2 Å². The Hall–Kier alpha value is -4.20. The van der Waals surface area contributed by atoms with Crippen molar-refractivity contribution in [1.82, 2.24) is 14.6 Å². The summed E-state index contributed by atoms with van der Waals surface area (Å²) in [6.07, 6.45) is 1.56. The van der Waals surface area contributed by atoms with E-state index in [9.17, 15) is 9.59 Å². The molecule has 2 heterocycles. The van der Waals surface area contributed by atoms with Crippen LogP contribution in [0.2, 0.25) is 0 Å². The van der Waals surface area contributed by atoms with Gasteiger partial charge in [-0.3, -0.25) is 9.59 Å². The number of anilines is 1. The molecule has 0 atom stereocenters. The topological polar surface area (TPSA) is 94.8 Å². The third-order valence-corrected chi connectivity index (χ3v) is 5.69. The lowest BCUT2D eigenvalue weighted by molar-refractivity contribution is 0.101. The lowest BCUT2D eigenvalue weighted by Crippen LogP contribution is -2.16. The van der Waals surface area contributed by atoms with E-state index in [1.165, 1.54) is 6.92 Å². The molecule has 2 aromatic heterocycles. The molecule has 0 aliphatic rings. The van der Waals surface area contributed by atoms with Crippen LogP contribution < -0.4 is 14.8 Å². The Morgan fingerprint density at radius 3 is 2.31 bits per heavy atom. The molecule has 0 spiro atoms. The highest BCUT2D eigenvalue weighted by molar-refractivity contribution is 6.05. The molecule has 180 valence electrons. The zero-order valence-corrected chi connectivity index (χ0v) is 20.5. The van der Waals surface area contributed by atoms with Gasteiger partial charge in [0, 0.05) is 23.0 Å². The van der Waals surface area contributed by atoms with Crippen molar-refractivity contribution in [1.29, 1.82) is 0 Å². The van der Waals surface area contributed by atoms with Crippen LogP contribution in [0, 0.1) is 13.8 Å². The number of Topliss-reactive ketones (excluding diaryl/α,β-unsaturated/α-hetero) is 1. The van der Waals surface area contributed by atoms with Crippen molar-refractivity contribution in [2.24, 2.45) is 0 Å². The predicted molar refractivity (Wildman–Crippen MR) is 135 cm³/mol. The zero-order chi connectivity index (χ0) is 25.1. The summed E-state index contributed by atoms with van der Waals surface area (Å²) in [6, 6.07) is 12.5. The first-order valence-electron chi connectivity index (χ1n) is 11.5. The van der Waals surface area contributed by atoms with E-state index in [0.717, 1.165) is 16.8 Å². The van der Waals surface area contributed by atoms with Crippen molar-refractivity contribution in [3.63, 3.8) is 0 Å². The summed E-state index contributed by atoms with van der Waals surface area (Å²) in [6.45, 7) is 10.2. The van der Waals surface area contributed by atoms with E-state index in [1.54, 1.807) is 35.0 Å². The normalized spacial score (nSPS) is 10.9. The molecule has 0 aliphatic carbocycles. The van der Waals surface area contributed by atoms with Gasteiger partial charge in [-0.1, -0.05) is 6.07 Å². The lowest BCUT2D eigenvalue weighted by Gasteiger charge is -2.12. The van der Waals surface area contributed by atoms with Gasteiger partial charge in [0.15, 0.2) is 22.9 Å². The summed E-state index contributed by atoms with van der Waals surface area (Å²) in [5.41, 5.74) is 5.45. The number of hydrogen-bond acceptors (Lipinski definition) is 6. The summed E-state index contributed by atoms with van der Waals surface area (Å²) in [7, 11) is 0. The highest BCUT2D eigenvalue weighted by Crippen LogP contribution is 2.36. The molecule has 1 amide bonds. The SMILES string of the molecule is CCOc1ccc(-c2c(C)nn3c(C)c(C(=O)Nc4ccc(C(C)=O)cc4)cnc23)cc1OCC. The third kappa shape index (κ3) is 4.73. The van der Waals surface area contributed by atoms with Crippen molar-refractivity contribution in [3.05, 3.63) is 71.2 Å². The molecular formula is C27H28N4O4. The van der Waals surface area contributed by atoms with Gasteiger partial charge < -0.3 is 14.8 Å². The zero-order valence-electron chi connectivity index (χ0n) is 20.5. The summed E-state index contributed by atoms with van der Waals surface area (Å²) < 4.78 is 13.2. The van der Waals surface area contributed by atoms with E-state index >= 15 is 0 Å². The van der Waals surface area contributed by atoms with Crippen molar-refractivity contribution >= 4 is 23.0 Å². The standard InChI is InChI=1S/C27H28N4O4/c1-6-34-23-13-10-20(14-24(23)35-7-2)25-16(3)30-31-17(4)22(15-28-26(25)31)27(33)29-21-11-8-19(9-12-21)18(5)32/h8-15H,6-7H2,1-5H3,(H,29,33). The van der Waals surface area contributed by atoms with Gasteiger partial charge in [-0.25, -0.2) is 9.50 Å². The number of aromatic nitrogens is 3. The molecule has 1 N–H and O–H groups in total. The van der Waals surface area contributed by atoms with Crippen LogP contribution in [-0.4, -0.2) is 39.5 Å². The van der Waals surface area contributed by atoms with Gasteiger partial charge in [-0.15, -0.1) is 0 Å². The minimum atomic E-state index is -0.304. The second-order valence-electron chi connectivity index (χ2n) is 8.07. The molecule has 0 radical (unpaired) electrons. The molecule has 35 heavy (non-hydrogen) atoms. The number of nitrogens with one attached hydrogen (secondary N) is 1. The quantitative estimate of drug-likeness (QED) is 0.351. The number of ketones is 1. The van der Waals surface area contributed by atoms with E-state index < -0.39 is 0 Å². The number of amides is 1. The number of ether oxygens (including phenoxy) is 2.